The van der Waals surface area contributed by atoms with Gasteiger partial charge in [-0.3, -0.25) is 14.6 Å². The van der Waals surface area contributed by atoms with Crippen LogP contribution in [-0.4, -0.2) is 46.8 Å². The topological polar surface area (TPSA) is 110 Å². The fourth-order valence-corrected chi connectivity index (χ4v) is 4.82. The van der Waals surface area contributed by atoms with E-state index in [1.54, 1.807) is 30.5 Å². The van der Waals surface area contributed by atoms with Gasteiger partial charge in [0.05, 0.1) is 24.7 Å². The Morgan fingerprint density at radius 2 is 2.00 bits per heavy atom. The quantitative estimate of drug-likeness (QED) is 0.451. The molecule has 0 aliphatic carbocycles. The molecule has 0 saturated carbocycles. The molecule has 192 valence electrons. The van der Waals surface area contributed by atoms with Gasteiger partial charge in [0.25, 0.3) is 5.91 Å². The number of ether oxygens (including phenoxy) is 2. The Morgan fingerprint density at radius 1 is 1.14 bits per heavy atom. The SMILES string of the molecule is O=C(C[C@H]1C[C@H]2c3cc(NC(=O)c4cccnc4)ccc3O[C@H]2[C@H](CO)O1)NCc1cc(F)ccc1F. The molecule has 37 heavy (non-hydrogen) atoms. The zero-order valence-corrected chi connectivity index (χ0v) is 19.7. The minimum absolute atomic E-state index is 0.0244. The van der Waals surface area contributed by atoms with Crippen molar-refractivity contribution >= 4 is 17.5 Å². The van der Waals surface area contributed by atoms with Crippen LogP contribution in [0.4, 0.5) is 14.5 Å². The van der Waals surface area contributed by atoms with Gasteiger partial charge in [-0.15, -0.1) is 0 Å². The van der Waals surface area contributed by atoms with Gasteiger partial charge in [0, 0.05) is 41.7 Å². The molecule has 4 atom stereocenters. The molecule has 5 rings (SSSR count). The first-order valence-electron chi connectivity index (χ1n) is 11.9. The third-order valence-electron chi connectivity index (χ3n) is 6.58. The number of carbonyl (C=O) groups is 2. The number of anilines is 1. The molecule has 2 aliphatic heterocycles. The summed E-state index contributed by atoms with van der Waals surface area (Å²) in [5.41, 5.74) is 1.90. The van der Waals surface area contributed by atoms with Crippen LogP contribution in [0.3, 0.4) is 0 Å². The van der Waals surface area contributed by atoms with Crippen molar-refractivity contribution in [2.24, 2.45) is 0 Å². The van der Waals surface area contributed by atoms with Gasteiger partial charge >= 0.3 is 0 Å². The highest BCUT2D eigenvalue weighted by molar-refractivity contribution is 6.04. The van der Waals surface area contributed by atoms with E-state index in [1.165, 1.54) is 6.20 Å². The molecular formula is C27H25F2N3O5. The first kappa shape index (κ1) is 24.8. The lowest BCUT2D eigenvalue weighted by Gasteiger charge is -2.37. The van der Waals surface area contributed by atoms with Gasteiger partial charge in [-0.2, -0.15) is 0 Å². The number of hydrogen-bond donors (Lipinski definition) is 3. The number of amides is 2. The van der Waals surface area contributed by atoms with Gasteiger partial charge in [-0.05, 0) is 55.0 Å². The first-order chi connectivity index (χ1) is 17.9. The van der Waals surface area contributed by atoms with Crippen LogP contribution < -0.4 is 15.4 Å². The number of rotatable bonds is 7. The van der Waals surface area contributed by atoms with Gasteiger partial charge in [0.15, 0.2) is 0 Å². The van der Waals surface area contributed by atoms with Crippen molar-refractivity contribution in [1.82, 2.24) is 10.3 Å². The fourth-order valence-electron chi connectivity index (χ4n) is 4.82. The summed E-state index contributed by atoms with van der Waals surface area (Å²) in [6.07, 6.45) is 1.86. The van der Waals surface area contributed by atoms with E-state index in [4.69, 9.17) is 9.47 Å². The molecule has 0 spiro atoms. The van der Waals surface area contributed by atoms with E-state index in [2.05, 4.69) is 15.6 Å². The van der Waals surface area contributed by atoms with Gasteiger partial charge < -0.3 is 25.2 Å². The Balaban J connectivity index is 1.26. The minimum atomic E-state index is -0.655. The molecule has 0 unspecified atom stereocenters. The summed E-state index contributed by atoms with van der Waals surface area (Å²) in [7, 11) is 0. The van der Waals surface area contributed by atoms with Crippen molar-refractivity contribution in [1.29, 1.82) is 0 Å². The molecule has 10 heteroatoms. The molecule has 3 N–H and O–H groups in total. The zero-order valence-electron chi connectivity index (χ0n) is 19.7. The highest BCUT2D eigenvalue weighted by Gasteiger charge is 2.46. The van der Waals surface area contributed by atoms with Gasteiger partial charge in [-0.1, -0.05) is 0 Å². The van der Waals surface area contributed by atoms with E-state index in [0.29, 0.717) is 23.4 Å². The molecule has 0 radical (unpaired) electrons. The summed E-state index contributed by atoms with van der Waals surface area (Å²) in [6, 6.07) is 11.7. The van der Waals surface area contributed by atoms with Crippen LogP contribution in [0.1, 0.15) is 40.2 Å². The Hall–Kier alpha value is -3.89. The molecule has 1 saturated heterocycles. The maximum Gasteiger partial charge on any atom is 0.257 e. The monoisotopic (exact) mass is 509 g/mol. The lowest BCUT2D eigenvalue weighted by molar-refractivity contribution is -0.142. The average Bonchev–Trinajstić information content (AvgIpc) is 3.27. The molecule has 1 fully saturated rings. The van der Waals surface area contributed by atoms with Gasteiger partial charge in [0.2, 0.25) is 5.91 Å². The van der Waals surface area contributed by atoms with Crippen LogP contribution in [0, 0.1) is 11.6 Å². The Bertz CT molecular complexity index is 1310. The van der Waals surface area contributed by atoms with Crippen molar-refractivity contribution in [3.8, 4) is 5.75 Å². The third-order valence-corrected chi connectivity index (χ3v) is 6.58. The van der Waals surface area contributed by atoms with Crippen molar-refractivity contribution < 1.29 is 33.0 Å². The number of hydrogen-bond acceptors (Lipinski definition) is 6. The number of pyridine rings is 1. The number of fused-ring (bicyclic) bond motifs is 3. The van der Waals surface area contributed by atoms with E-state index in [0.717, 1.165) is 23.8 Å². The second-order valence-electron chi connectivity index (χ2n) is 9.07. The Kier molecular flexibility index (Phi) is 7.11. The summed E-state index contributed by atoms with van der Waals surface area (Å²) in [5, 5.41) is 15.4. The van der Waals surface area contributed by atoms with Crippen LogP contribution in [0.15, 0.2) is 60.9 Å². The second-order valence-corrected chi connectivity index (χ2v) is 9.07. The maximum atomic E-state index is 13.9. The standard InChI is InChI=1S/C27H25F2N3O5/c28-17-3-5-22(29)16(8-17)13-31-25(34)11-19-10-21-20-9-18(32-27(35)15-2-1-7-30-12-15)4-6-23(20)37-26(21)24(14-33)36-19/h1-9,12,19,21,24,26,33H,10-11,13-14H2,(H,31,34)(H,32,35)/t19-,21+,24+,26-/m1/s1. The second kappa shape index (κ2) is 10.6. The lowest BCUT2D eigenvalue weighted by atomic mass is 9.84. The molecule has 2 aromatic carbocycles. The molecule has 3 aromatic rings. The van der Waals surface area contributed by atoms with Crippen molar-refractivity contribution in [2.75, 3.05) is 11.9 Å². The summed E-state index contributed by atoms with van der Waals surface area (Å²) in [4.78, 5) is 29.1. The van der Waals surface area contributed by atoms with E-state index in [9.17, 15) is 23.5 Å². The van der Waals surface area contributed by atoms with E-state index < -0.39 is 29.9 Å². The van der Waals surface area contributed by atoms with E-state index >= 15 is 0 Å². The normalized spacial score (nSPS) is 21.9. The number of benzene rings is 2. The van der Waals surface area contributed by atoms with Crippen LogP contribution in [0.2, 0.25) is 0 Å². The van der Waals surface area contributed by atoms with Crippen molar-refractivity contribution in [2.45, 2.75) is 43.6 Å². The smallest absolute Gasteiger partial charge is 0.257 e. The lowest BCUT2D eigenvalue weighted by Crippen LogP contribution is -2.47. The Labute approximate surface area is 211 Å². The molecule has 8 nitrogen and oxygen atoms in total. The van der Waals surface area contributed by atoms with Crippen LogP contribution >= 0.6 is 0 Å². The summed E-state index contributed by atoms with van der Waals surface area (Å²) in [5.74, 6) is -1.43. The predicted molar refractivity (Wildman–Crippen MR) is 129 cm³/mol. The number of carbonyl (C=O) groups excluding carboxylic acids is 2. The maximum absolute atomic E-state index is 13.9. The van der Waals surface area contributed by atoms with Crippen molar-refractivity contribution in [3.05, 3.63) is 89.2 Å². The highest BCUT2D eigenvalue weighted by Crippen LogP contribution is 2.47. The largest absolute Gasteiger partial charge is 0.487 e. The highest BCUT2D eigenvalue weighted by atomic mass is 19.1. The summed E-state index contributed by atoms with van der Waals surface area (Å²) >= 11 is 0. The zero-order chi connectivity index (χ0) is 25.9. The van der Waals surface area contributed by atoms with Crippen molar-refractivity contribution in [3.63, 3.8) is 0 Å². The molecule has 0 bridgehead atoms. The van der Waals surface area contributed by atoms with Crippen LogP contribution in [0.5, 0.6) is 5.75 Å². The number of nitrogens with zero attached hydrogens (tertiary/aromatic N) is 1. The molecule has 2 amide bonds. The van der Waals surface area contributed by atoms with Crippen LogP contribution in [-0.2, 0) is 16.1 Å². The molecule has 3 heterocycles. The Morgan fingerprint density at radius 3 is 2.78 bits per heavy atom. The summed E-state index contributed by atoms with van der Waals surface area (Å²) in [6.45, 7) is -0.455. The fraction of sp³-hybridized carbons (Fsp3) is 0.296. The third kappa shape index (κ3) is 5.45. The molecular weight excluding hydrogens is 484 g/mol. The average molecular weight is 510 g/mol. The first-order valence-corrected chi connectivity index (χ1v) is 11.9. The molecule has 1 aromatic heterocycles. The predicted octanol–water partition coefficient (Wildman–Crippen LogP) is 3.31. The van der Waals surface area contributed by atoms with E-state index in [1.807, 2.05) is 6.07 Å². The number of aliphatic hydroxyl groups is 1. The van der Waals surface area contributed by atoms with Crippen LogP contribution in [0.25, 0.3) is 0 Å². The molecule has 2 aliphatic rings. The summed E-state index contributed by atoms with van der Waals surface area (Å²) < 4.78 is 39.3. The number of aliphatic hydroxyl groups excluding tert-OH is 1. The van der Waals surface area contributed by atoms with E-state index in [-0.39, 0.29) is 42.9 Å². The van der Waals surface area contributed by atoms with Gasteiger partial charge in [0.1, 0.15) is 29.6 Å². The number of aromatic nitrogens is 1. The van der Waals surface area contributed by atoms with Gasteiger partial charge in [-0.25, -0.2) is 8.78 Å². The minimum Gasteiger partial charge on any atom is -0.487 e. The number of halogens is 2. The number of nitrogens with one attached hydrogen (secondary N) is 2.